The number of fused-ring (bicyclic) bond motifs is 3. The molecule has 0 spiro atoms. The lowest BCUT2D eigenvalue weighted by atomic mass is 9.90. The molecule has 0 aliphatic heterocycles. The van der Waals surface area contributed by atoms with Gasteiger partial charge in [-0.05, 0) is 48.7 Å². The van der Waals surface area contributed by atoms with Crippen LogP contribution in [0, 0.1) is 11.3 Å². The van der Waals surface area contributed by atoms with Gasteiger partial charge in [0.2, 0.25) is 0 Å². The van der Waals surface area contributed by atoms with Gasteiger partial charge in [-0.1, -0.05) is 23.7 Å². The number of halogens is 1. The van der Waals surface area contributed by atoms with E-state index < -0.39 is 0 Å². The molecule has 0 saturated heterocycles. The van der Waals surface area contributed by atoms with Crippen molar-refractivity contribution in [3.8, 4) is 11.8 Å². The van der Waals surface area contributed by atoms with Gasteiger partial charge in [0.15, 0.2) is 5.65 Å². The highest BCUT2D eigenvalue weighted by atomic mass is 35.5. The van der Waals surface area contributed by atoms with E-state index in [0.717, 1.165) is 18.4 Å². The van der Waals surface area contributed by atoms with Crippen LogP contribution in [0.4, 0.5) is 0 Å². The maximum atomic E-state index is 12.6. The van der Waals surface area contributed by atoms with Crippen LogP contribution in [-0.2, 0) is 5.41 Å². The molecule has 2 heterocycles. The van der Waals surface area contributed by atoms with E-state index in [1.807, 2.05) is 24.3 Å². The molecule has 2 aromatic heterocycles. The number of ether oxygens (including phenoxy) is 1. The summed E-state index contributed by atoms with van der Waals surface area (Å²) in [5.41, 5.74) is 2.62. The zero-order chi connectivity index (χ0) is 19.5. The number of hydrogen-bond acceptors (Lipinski definition) is 4. The second kappa shape index (κ2) is 5.85. The number of nitrogens with zero attached hydrogens (tertiary/aromatic N) is 3. The van der Waals surface area contributed by atoms with Crippen LogP contribution in [0.3, 0.4) is 0 Å². The fourth-order valence-corrected chi connectivity index (χ4v) is 4.01. The van der Waals surface area contributed by atoms with Crippen molar-refractivity contribution in [2.24, 2.45) is 0 Å². The average Bonchev–Trinajstić information content (AvgIpc) is 3.43. The summed E-state index contributed by atoms with van der Waals surface area (Å²) < 4.78 is 6.88. The number of nitriles is 1. The Morgan fingerprint density at radius 2 is 2.00 bits per heavy atom. The van der Waals surface area contributed by atoms with Gasteiger partial charge in [0.05, 0.1) is 23.7 Å². The Hall–Kier alpha value is -3.30. The van der Waals surface area contributed by atoms with E-state index >= 15 is 0 Å². The molecule has 1 aliphatic rings. The Labute approximate surface area is 164 Å². The quantitative estimate of drug-likeness (QED) is 0.577. The van der Waals surface area contributed by atoms with Gasteiger partial charge in [-0.15, -0.1) is 0 Å². The SMILES string of the molecule is COc1ccc2c(c1)c(=O)[nH]c1c(C#N)c(C3(c4ccc(Cl)cc4)CC3)nn12. The number of aromatic nitrogens is 3. The predicted octanol–water partition coefficient (Wildman–Crippen LogP) is 3.79. The van der Waals surface area contributed by atoms with E-state index in [4.69, 9.17) is 21.4 Å². The van der Waals surface area contributed by atoms with Crippen molar-refractivity contribution in [1.82, 2.24) is 14.6 Å². The maximum Gasteiger partial charge on any atom is 0.259 e. The first kappa shape index (κ1) is 16.8. The zero-order valence-corrected chi connectivity index (χ0v) is 15.7. The number of methoxy groups -OCH3 is 1. The average molecular weight is 391 g/mol. The minimum atomic E-state index is -0.322. The molecule has 1 N–H and O–H groups in total. The Balaban J connectivity index is 1.81. The van der Waals surface area contributed by atoms with Crippen molar-refractivity contribution in [3.63, 3.8) is 0 Å². The molecule has 6 nitrogen and oxygen atoms in total. The van der Waals surface area contributed by atoms with Crippen molar-refractivity contribution >= 4 is 28.2 Å². The minimum Gasteiger partial charge on any atom is -0.497 e. The molecule has 0 radical (unpaired) electrons. The number of H-pyrrole nitrogens is 1. The Kier molecular flexibility index (Phi) is 3.52. The molecule has 1 aliphatic carbocycles. The van der Waals surface area contributed by atoms with Gasteiger partial charge in [0.1, 0.15) is 17.4 Å². The molecule has 7 heteroatoms. The molecule has 2 aromatic carbocycles. The first-order valence-corrected chi connectivity index (χ1v) is 9.24. The van der Waals surface area contributed by atoms with Gasteiger partial charge in [0.25, 0.3) is 5.56 Å². The zero-order valence-electron chi connectivity index (χ0n) is 15.0. The molecule has 138 valence electrons. The maximum absolute atomic E-state index is 12.6. The summed E-state index contributed by atoms with van der Waals surface area (Å²) in [6, 6.07) is 15.2. The Morgan fingerprint density at radius 3 is 2.64 bits per heavy atom. The van der Waals surface area contributed by atoms with Crippen LogP contribution >= 0.6 is 11.6 Å². The fraction of sp³-hybridized carbons (Fsp3) is 0.190. The number of rotatable bonds is 3. The molecule has 0 bridgehead atoms. The third-order valence-corrected chi connectivity index (χ3v) is 5.76. The smallest absolute Gasteiger partial charge is 0.259 e. The van der Waals surface area contributed by atoms with Gasteiger partial charge in [-0.25, -0.2) is 4.52 Å². The summed E-state index contributed by atoms with van der Waals surface area (Å²) in [4.78, 5) is 15.5. The van der Waals surface area contributed by atoms with Crippen molar-refractivity contribution in [2.75, 3.05) is 7.11 Å². The van der Waals surface area contributed by atoms with Crippen LogP contribution in [0.15, 0.2) is 47.3 Å². The molecule has 1 fully saturated rings. The number of benzene rings is 2. The van der Waals surface area contributed by atoms with Crippen LogP contribution in [0.25, 0.3) is 16.6 Å². The monoisotopic (exact) mass is 390 g/mol. The molecular formula is C21H15ClN4O2. The van der Waals surface area contributed by atoms with E-state index in [9.17, 15) is 10.1 Å². The van der Waals surface area contributed by atoms with E-state index in [1.165, 1.54) is 0 Å². The van der Waals surface area contributed by atoms with E-state index in [2.05, 4.69) is 11.1 Å². The lowest BCUT2D eigenvalue weighted by Gasteiger charge is -2.13. The molecule has 0 amide bonds. The van der Waals surface area contributed by atoms with E-state index in [-0.39, 0.29) is 11.0 Å². The van der Waals surface area contributed by atoms with Crippen LogP contribution in [0.1, 0.15) is 29.7 Å². The van der Waals surface area contributed by atoms with Crippen molar-refractivity contribution in [3.05, 3.63) is 74.7 Å². The van der Waals surface area contributed by atoms with Crippen molar-refractivity contribution in [1.29, 1.82) is 5.26 Å². The summed E-state index contributed by atoms with van der Waals surface area (Å²) in [5.74, 6) is 0.588. The Bertz CT molecular complexity index is 1340. The van der Waals surface area contributed by atoms with Crippen LogP contribution in [-0.4, -0.2) is 21.7 Å². The predicted molar refractivity (Wildman–Crippen MR) is 106 cm³/mol. The number of hydrogen-bond donors (Lipinski definition) is 1. The first-order chi connectivity index (χ1) is 13.6. The molecule has 1 saturated carbocycles. The molecular weight excluding hydrogens is 376 g/mol. The molecule has 0 unspecified atom stereocenters. The van der Waals surface area contributed by atoms with Gasteiger partial charge in [-0.2, -0.15) is 10.4 Å². The van der Waals surface area contributed by atoms with Crippen LogP contribution in [0.2, 0.25) is 5.02 Å². The van der Waals surface area contributed by atoms with E-state index in [1.54, 1.807) is 29.8 Å². The van der Waals surface area contributed by atoms with E-state index in [0.29, 0.717) is 38.6 Å². The lowest BCUT2D eigenvalue weighted by Crippen LogP contribution is -2.11. The van der Waals surface area contributed by atoms with Gasteiger partial charge in [0, 0.05) is 10.4 Å². The molecule has 0 atom stereocenters. The summed E-state index contributed by atoms with van der Waals surface area (Å²) in [6.07, 6.45) is 1.78. The minimum absolute atomic E-state index is 0.277. The standard InChI is InChI=1S/C21H15ClN4O2/c1-28-14-6-7-17-15(10-14)20(27)24-19-16(11-23)18(25-26(17)19)21(8-9-21)12-2-4-13(22)5-3-12/h2-7,10H,8-9H2,1H3,(H,24,27). The summed E-state index contributed by atoms with van der Waals surface area (Å²) >= 11 is 6.04. The topological polar surface area (TPSA) is 83.2 Å². The highest BCUT2D eigenvalue weighted by Crippen LogP contribution is 2.54. The third kappa shape index (κ3) is 2.26. The first-order valence-electron chi connectivity index (χ1n) is 8.87. The number of nitrogens with one attached hydrogen (secondary N) is 1. The summed E-state index contributed by atoms with van der Waals surface area (Å²) in [6.45, 7) is 0. The highest BCUT2D eigenvalue weighted by Gasteiger charge is 2.50. The van der Waals surface area contributed by atoms with Crippen LogP contribution in [0.5, 0.6) is 5.75 Å². The lowest BCUT2D eigenvalue weighted by molar-refractivity contribution is 0.415. The van der Waals surface area contributed by atoms with Crippen molar-refractivity contribution < 1.29 is 4.74 Å². The third-order valence-electron chi connectivity index (χ3n) is 5.51. The largest absolute Gasteiger partial charge is 0.497 e. The van der Waals surface area contributed by atoms with Gasteiger partial charge < -0.3 is 9.72 Å². The van der Waals surface area contributed by atoms with Gasteiger partial charge >= 0.3 is 0 Å². The molecule has 5 rings (SSSR count). The highest BCUT2D eigenvalue weighted by molar-refractivity contribution is 6.30. The Morgan fingerprint density at radius 1 is 1.25 bits per heavy atom. The molecule has 4 aromatic rings. The fourth-order valence-electron chi connectivity index (χ4n) is 3.89. The second-order valence-electron chi connectivity index (χ2n) is 7.02. The van der Waals surface area contributed by atoms with Crippen LogP contribution < -0.4 is 10.3 Å². The normalized spacial score (nSPS) is 14.9. The summed E-state index contributed by atoms with van der Waals surface area (Å²) in [5, 5.41) is 15.8. The number of aromatic amines is 1. The van der Waals surface area contributed by atoms with Crippen molar-refractivity contribution in [2.45, 2.75) is 18.3 Å². The summed E-state index contributed by atoms with van der Waals surface area (Å²) in [7, 11) is 1.55. The molecule has 28 heavy (non-hydrogen) atoms. The second-order valence-corrected chi connectivity index (χ2v) is 7.46. The van der Waals surface area contributed by atoms with Gasteiger partial charge in [-0.3, -0.25) is 4.79 Å².